The summed E-state index contributed by atoms with van der Waals surface area (Å²) in [5.74, 6) is -1.53. The highest BCUT2D eigenvalue weighted by Crippen LogP contribution is 2.44. The first-order valence-electron chi connectivity index (χ1n) is 11.4. The van der Waals surface area contributed by atoms with Crippen molar-refractivity contribution >= 4 is 40.2 Å². The van der Waals surface area contributed by atoms with Crippen molar-refractivity contribution in [2.24, 2.45) is 7.05 Å². The van der Waals surface area contributed by atoms with Gasteiger partial charge in [-0.15, -0.1) is 0 Å². The Morgan fingerprint density at radius 3 is 2.51 bits per heavy atom. The summed E-state index contributed by atoms with van der Waals surface area (Å²) in [4.78, 5) is 28.4. The molecule has 0 spiro atoms. The summed E-state index contributed by atoms with van der Waals surface area (Å²) < 4.78 is 55.8. The molecule has 1 aliphatic heterocycles. The van der Waals surface area contributed by atoms with Crippen LogP contribution < -0.4 is 10.2 Å². The van der Waals surface area contributed by atoms with E-state index in [9.17, 15) is 27.2 Å². The number of hydrogen-bond acceptors (Lipinski definition) is 3. The van der Waals surface area contributed by atoms with Crippen LogP contribution in [0.3, 0.4) is 0 Å². The number of rotatable bonds is 4. The summed E-state index contributed by atoms with van der Waals surface area (Å²) in [6, 6.07) is 16.2. The van der Waals surface area contributed by atoms with E-state index >= 15 is 0 Å². The molecule has 0 radical (unpaired) electrons. The minimum absolute atomic E-state index is 0.0249. The van der Waals surface area contributed by atoms with Gasteiger partial charge in [0.15, 0.2) is 0 Å². The van der Waals surface area contributed by atoms with Gasteiger partial charge in [-0.2, -0.15) is 13.2 Å². The molecule has 190 valence electrons. The highest BCUT2D eigenvalue weighted by atomic mass is 32.2. The predicted molar refractivity (Wildman–Crippen MR) is 134 cm³/mol. The van der Waals surface area contributed by atoms with E-state index < -0.39 is 35.4 Å². The Kier molecular flexibility index (Phi) is 6.45. The molecule has 0 aliphatic carbocycles. The molecule has 5 rings (SSSR count). The first-order valence-corrected chi connectivity index (χ1v) is 12.4. The maximum atomic E-state index is 13.8. The molecular formula is C27H21F4N3O2S. The predicted octanol–water partition coefficient (Wildman–Crippen LogP) is 5.83. The number of carbonyl (C=O) groups excluding carboxylic acids is 2. The van der Waals surface area contributed by atoms with Crippen molar-refractivity contribution in [3.8, 4) is 0 Å². The van der Waals surface area contributed by atoms with E-state index in [1.54, 1.807) is 0 Å². The molecule has 1 unspecified atom stereocenters. The number of thioether (sulfide) groups is 1. The van der Waals surface area contributed by atoms with E-state index in [-0.39, 0.29) is 18.0 Å². The summed E-state index contributed by atoms with van der Waals surface area (Å²) >= 11 is 1.24. The molecule has 2 amide bonds. The van der Waals surface area contributed by atoms with Gasteiger partial charge >= 0.3 is 6.18 Å². The fourth-order valence-corrected chi connectivity index (χ4v) is 5.64. The number of para-hydroxylation sites is 1. The van der Waals surface area contributed by atoms with Crippen molar-refractivity contribution in [3.63, 3.8) is 0 Å². The van der Waals surface area contributed by atoms with Crippen molar-refractivity contribution in [1.82, 2.24) is 9.88 Å². The largest absolute Gasteiger partial charge is 0.416 e. The molecule has 0 bridgehead atoms. The molecule has 37 heavy (non-hydrogen) atoms. The number of amides is 2. The van der Waals surface area contributed by atoms with Crippen LogP contribution in [0, 0.1) is 5.82 Å². The summed E-state index contributed by atoms with van der Waals surface area (Å²) in [5, 5.41) is 4.21. The summed E-state index contributed by atoms with van der Waals surface area (Å²) in [6.07, 6.45) is -4.62. The normalized spacial score (nSPS) is 16.0. The zero-order valence-corrected chi connectivity index (χ0v) is 20.4. The molecule has 2 heterocycles. The third kappa shape index (κ3) is 4.69. The van der Waals surface area contributed by atoms with Gasteiger partial charge in [-0.05, 0) is 42.0 Å². The standard InChI is InChI=1S/C27H21F4N3O2S/c1-33-21-8-3-2-7-20(21)23-24(25(36)32-14-16-9-11-18(28)12-10-16)34(22(35)15-37-26(23)33)19-6-4-5-17(13-19)27(29,30)31/h2-13,24H,14-15H2,1H3,(H,32,36). The van der Waals surface area contributed by atoms with E-state index in [1.807, 2.05) is 35.9 Å². The second kappa shape index (κ2) is 9.59. The van der Waals surface area contributed by atoms with Crippen LogP contribution in [-0.4, -0.2) is 22.1 Å². The van der Waals surface area contributed by atoms with Crippen molar-refractivity contribution in [1.29, 1.82) is 0 Å². The first kappa shape index (κ1) is 24.9. The van der Waals surface area contributed by atoms with Gasteiger partial charge in [-0.3, -0.25) is 14.5 Å². The average molecular weight is 528 g/mol. The smallest absolute Gasteiger partial charge is 0.350 e. The highest BCUT2D eigenvalue weighted by Gasteiger charge is 2.40. The topological polar surface area (TPSA) is 54.3 Å². The minimum Gasteiger partial charge on any atom is -0.350 e. The molecule has 3 aromatic carbocycles. The lowest BCUT2D eigenvalue weighted by Crippen LogP contribution is -2.44. The molecule has 5 nitrogen and oxygen atoms in total. The fraction of sp³-hybridized carbons (Fsp3) is 0.185. The van der Waals surface area contributed by atoms with Crippen molar-refractivity contribution in [2.45, 2.75) is 23.8 Å². The molecule has 1 aliphatic rings. The molecule has 10 heteroatoms. The van der Waals surface area contributed by atoms with Crippen molar-refractivity contribution in [2.75, 3.05) is 10.7 Å². The summed E-state index contributed by atoms with van der Waals surface area (Å²) in [6.45, 7) is 0.0491. The van der Waals surface area contributed by atoms with Crippen LogP contribution in [0.25, 0.3) is 10.9 Å². The van der Waals surface area contributed by atoms with E-state index in [2.05, 4.69) is 5.32 Å². The molecule has 0 fully saturated rings. The second-order valence-corrected chi connectivity index (χ2v) is 9.61. The number of carbonyl (C=O) groups is 2. The van der Waals surface area contributed by atoms with Gasteiger partial charge in [-0.25, -0.2) is 4.39 Å². The van der Waals surface area contributed by atoms with Gasteiger partial charge in [0.2, 0.25) is 11.8 Å². The van der Waals surface area contributed by atoms with Crippen LogP contribution >= 0.6 is 11.8 Å². The SMILES string of the molecule is Cn1c2c(c3ccccc31)C(C(=O)NCc1ccc(F)cc1)N(c1cccc(C(F)(F)F)c1)C(=O)CS2. The first-order chi connectivity index (χ1) is 17.6. The Balaban J connectivity index is 1.65. The van der Waals surface area contributed by atoms with Gasteiger partial charge in [0, 0.05) is 35.7 Å². The van der Waals surface area contributed by atoms with Crippen LogP contribution in [0.1, 0.15) is 22.7 Å². The summed E-state index contributed by atoms with van der Waals surface area (Å²) in [7, 11) is 1.83. The number of anilines is 1. The third-order valence-corrected chi connectivity index (χ3v) is 7.46. The van der Waals surface area contributed by atoms with Crippen LogP contribution in [-0.2, 0) is 29.4 Å². The lowest BCUT2D eigenvalue weighted by Gasteiger charge is -2.30. The van der Waals surface area contributed by atoms with E-state index in [4.69, 9.17) is 0 Å². The maximum Gasteiger partial charge on any atom is 0.416 e. The zero-order chi connectivity index (χ0) is 26.3. The number of nitrogens with one attached hydrogen (secondary N) is 1. The number of hydrogen-bond donors (Lipinski definition) is 1. The van der Waals surface area contributed by atoms with Crippen molar-refractivity contribution < 1.29 is 27.2 Å². The quantitative estimate of drug-likeness (QED) is 0.340. The van der Waals surface area contributed by atoms with Crippen LogP contribution in [0.5, 0.6) is 0 Å². The second-order valence-electron chi connectivity index (χ2n) is 8.64. The fourth-order valence-electron chi connectivity index (χ4n) is 4.57. The van der Waals surface area contributed by atoms with Crippen LogP contribution in [0.2, 0.25) is 0 Å². The third-order valence-electron chi connectivity index (χ3n) is 6.30. The van der Waals surface area contributed by atoms with E-state index in [1.165, 1.54) is 48.2 Å². The average Bonchev–Trinajstić information content (AvgIpc) is 3.05. The molecule has 0 saturated heterocycles. The number of alkyl halides is 3. The van der Waals surface area contributed by atoms with Gasteiger partial charge in [-0.1, -0.05) is 48.2 Å². The van der Waals surface area contributed by atoms with Gasteiger partial charge in [0.1, 0.15) is 11.9 Å². The maximum absolute atomic E-state index is 13.8. The van der Waals surface area contributed by atoms with E-state index in [0.717, 1.165) is 27.9 Å². The number of fused-ring (bicyclic) bond motifs is 3. The Hall–Kier alpha value is -3.79. The number of aromatic nitrogens is 1. The summed E-state index contributed by atoms with van der Waals surface area (Å²) in [5.41, 5.74) is 1.06. The van der Waals surface area contributed by atoms with Crippen LogP contribution in [0.15, 0.2) is 77.8 Å². The Morgan fingerprint density at radius 1 is 1.05 bits per heavy atom. The highest BCUT2D eigenvalue weighted by molar-refractivity contribution is 8.00. The number of nitrogens with zero attached hydrogens (tertiary/aromatic N) is 2. The molecule has 4 aromatic rings. The molecular weight excluding hydrogens is 506 g/mol. The Labute approximate surface area is 214 Å². The molecule has 0 saturated carbocycles. The number of halogens is 4. The number of benzene rings is 3. The minimum atomic E-state index is -4.62. The molecule has 1 aromatic heterocycles. The van der Waals surface area contributed by atoms with Gasteiger partial charge in [0.25, 0.3) is 0 Å². The molecule has 1 atom stereocenters. The lowest BCUT2D eigenvalue weighted by atomic mass is 10.0. The molecule has 1 N–H and O–H groups in total. The number of aryl methyl sites for hydroxylation is 1. The van der Waals surface area contributed by atoms with E-state index in [0.29, 0.717) is 16.2 Å². The Morgan fingerprint density at radius 2 is 1.78 bits per heavy atom. The van der Waals surface area contributed by atoms with Gasteiger partial charge in [0.05, 0.1) is 16.3 Å². The van der Waals surface area contributed by atoms with Crippen molar-refractivity contribution in [3.05, 3.63) is 95.3 Å². The Bertz CT molecular complexity index is 1500. The van der Waals surface area contributed by atoms with Gasteiger partial charge < -0.3 is 9.88 Å². The zero-order valence-electron chi connectivity index (χ0n) is 19.6. The van der Waals surface area contributed by atoms with Crippen LogP contribution in [0.4, 0.5) is 23.2 Å². The lowest BCUT2D eigenvalue weighted by molar-refractivity contribution is -0.137. The monoisotopic (exact) mass is 527 g/mol.